The van der Waals surface area contributed by atoms with E-state index >= 15 is 0 Å². The lowest BCUT2D eigenvalue weighted by Gasteiger charge is -2.05. The second-order valence-corrected chi connectivity index (χ2v) is 2.95. The first-order valence-electron chi connectivity index (χ1n) is 4.07. The van der Waals surface area contributed by atoms with Gasteiger partial charge in [-0.1, -0.05) is 0 Å². The Labute approximate surface area is 81.6 Å². The topological polar surface area (TPSA) is 87.1 Å². The summed E-state index contributed by atoms with van der Waals surface area (Å²) in [6.45, 7) is 2.08. The maximum Gasteiger partial charge on any atom is 0.337 e. The highest BCUT2D eigenvalue weighted by molar-refractivity contribution is 5.91. The normalized spacial score (nSPS) is 9.50. The number of aromatic carboxylic acids is 1. The fourth-order valence-corrected chi connectivity index (χ4v) is 1.24. The molecular formula is C10H10N2O2. The Bertz CT molecular complexity index is 419. The first-order valence-corrected chi connectivity index (χ1v) is 4.07. The van der Waals surface area contributed by atoms with E-state index in [4.69, 9.17) is 16.1 Å². The quantitative estimate of drug-likeness (QED) is 0.728. The molecule has 0 aliphatic carbocycles. The first kappa shape index (κ1) is 10.2. The van der Waals surface area contributed by atoms with E-state index < -0.39 is 5.97 Å². The summed E-state index contributed by atoms with van der Waals surface area (Å²) in [5.41, 5.74) is 7.21. The zero-order chi connectivity index (χ0) is 10.7. The van der Waals surface area contributed by atoms with Crippen LogP contribution in [0.25, 0.3) is 0 Å². The smallest absolute Gasteiger partial charge is 0.337 e. The summed E-state index contributed by atoms with van der Waals surface area (Å²) < 4.78 is 0. The molecule has 72 valence electrons. The van der Waals surface area contributed by atoms with Crippen molar-refractivity contribution >= 4 is 5.97 Å². The zero-order valence-electron chi connectivity index (χ0n) is 7.74. The molecule has 4 heteroatoms. The number of nitriles is 1. The van der Waals surface area contributed by atoms with E-state index in [2.05, 4.69) is 0 Å². The average molecular weight is 190 g/mol. The molecule has 0 bridgehead atoms. The maximum absolute atomic E-state index is 10.8. The Kier molecular flexibility index (Phi) is 2.85. The van der Waals surface area contributed by atoms with Gasteiger partial charge in [0.15, 0.2) is 0 Å². The van der Waals surface area contributed by atoms with Crippen molar-refractivity contribution in [2.75, 3.05) is 0 Å². The Hall–Kier alpha value is -1.86. The van der Waals surface area contributed by atoms with Crippen LogP contribution in [0.4, 0.5) is 0 Å². The molecule has 0 aromatic heterocycles. The monoisotopic (exact) mass is 190 g/mol. The van der Waals surface area contributed by atoms with Gasteiger partial charge in [-0.3, -0.25) is 0 Å². The van der Waals surface area contributed by atoms with Gasteiger partial charge in [-0.25, -0.2) is 4.79 Å². The van der Waals surface area contributed by atoms with E-state index in [1.807, 2.05) is 6.07 Å². The molecule has 0 radical (unpaired) electrons. The van der Waals surface area contributed by atoms with Crippen LogP contribution in [0.1, 0.15) is 27.0 Å². The lowest BCUT2D eigenvalue weighted by atomic mass is 10.00. The molecule has 0 atom stereocenters. The minimum absolute atomic E-state index is 0.0125. The third-order valence-corrected chi connectivity index (χ3v) is 2.05. The van der Waals surface area contributed by atoms with Gasteiger partial charge in [-0.2, -0.15) is 5.26 Å². The Morgan fingerprint density at radius 2 is 2.29 bits per heavy atom. The Morgan fingerprint density at radius 3 is 2.71 bits per heavy atom. The van der Waals surface area contributed by atoms with Gasteiger partial charge < -0.3 is 10.8 Å². The Balaban J connectivity index is 3.42. The van der Waals surface area contributed by atoms with E-state index in [9.17, 15) is 4.79 Å². The molecule has 0 heterocycles. The summed E-state index contributed by atoms with van der Waals surface area (Å²) in [5, 5.41) is 17.5. The van der Waals surface area contributed by atoms with E-state index in [0.29, 0.717) is 0 Å². The summed E-state index contributed by atoms with van der Waals surface area (Å²) in [6.07, 6.45) is 0. The highest BCUT2D eigenvalue weighted by Crippen LogP contribution is 2.15. The molecule has 4 nitrogen and oxygen atoms in total. The zero-order valence-corrected chi connectivity index (χ0v) is 7.74. The molecule has 1 aromatic carbocycles. The number of carboxylic acid groups (broad SMARTS) is 1. The molecular weight excluding hydrogens is 180 g/mol. The van der Waals surface area contributed by atoms with Gasteiger partial charge in [0.2, 0.25) is 0 Å². The highest BCUT2D eigenvalue weighted by atomic mass is 16.4. The van der Waals surface area contributed by atoms with Gasteiger partial charge in [0.1, 0.15) is 6.07 Å². The van der Waals surface area contributed by atoms with Gasteiger partial charge >= 0.3 is 5.97 Å². The van der Waals surface area contributed by atoms with E-state index in [0.717, 1.165) is 11.1 Å². The number of benzene rings is 1. The van der Waals surface area contributed by atoms with Crippen LogP contribution in [0, 0.1) is 18.3 Å². The molecule has 0 aliphatic rings. The Morgan fingerprint density at radius 1 is 1.64 bits per heavy atom. The van der Waals surface area contributed by atoms with Crippen molar-refractivity contribution in [3.8, 4) is 6.07 Å². The van der Waals surface area contributed by atoms with Crippen molar-refractivity contribution in [2.45, 2.75) is 13.5 Å². The molecule has 0 unspecified atom stereocenters. The van der Waals surface area contributed by atoms with Crippen molar-refractivity contribution in [3.05, 3.63) is 34.4 Å². The summed E-state index contributed by atoms with van der Waals surface area (Å²) in [7, 11) is 0. The van der Waals surface area contributed by atoms with Gasteiger partial charge in [0.05, 0.1) is 11.1 Å². The molecule has 1 aromatic rings. The average Bonchev–Trinajstić information content (AvgIpc) is 2.16. The van der Waals surface area contributed by atoms with E-state index in [1.54, 1.807) is 13.0 Å². The van der Waals surface area contributed by atoms with Crippen molar-refractivity contribution in [2.24, 2.45) is 5.73 Å². The van der Waals surface area contributed by atoms with Crippen LogP contribution in [0.3, 0.4) is 0 Å². The number of rotatable bonds is 2. The molecule has 0 spiro atoms. The van der Waals surface area contributed by atoms with E-state index in [1.165, 1.54) is 6.07 Å². The summed E-state index contributed by atoms with van der Waals surface area (Å²) >= 11 is 0. The fraction of sp³-hybridized carbons (Fsp3) is 0.200. The SMILES string of the molecule is Cc1cc(C#N)c(C(=O)O)cc1CN. The molecule has 0 aliphatic heterocycles. The number of nitrogens with two attached hydrogens (primary N) is 1. The number of nitrogens with zero attached hydrogens (tertiary/aromatic N) is 1. The third kappa shape index (κ3) is 1.73. The van der Waals surface area contributed by atoms with Gasteiger partial charge in [0.25, 0.3) is 0 Å². The molecule has 1 rings (SSSR count). The van der Waals surface area contributed by atoms with Crippen LogP contribution < -0.4 is 5.73 Å². The second kappa shape index (κ2) is 3.90. The molecule has 14 heavy (non-hydrogen) atoms. The summed E-state index contributed by atoms with van der Waals surface area (Å²) in [4.78, 5) is 10.8. The van der Waals surface area contributed by atoms with Crippen LogP contribution in [0.15, 0.2) is 12.1 Å². The fourth-order valence-electron chi connectivity index (χ4n) is 1.24. The van der Waals surface area contributed by atoms with Crippen LogP contribution in [0.5, 0.6) is 0 Å². The van der Waals surface area contributed by atoms with Crippen LogP contribution in [0.2, 0.25) is 0 Å². The predicted octanol–water partition coefficient (Wildman–Crippen LogP) is 1.02. The van der Waals surface area contributed by atoms with Crippen molar-refractivity contribution in [1.82, 2.24) is 0 Å². The number of carboxylic acids is 1. The van der Waals surface area contributed by atoms with Crippen LogP contribution >= 0.6 is 0 Å². The minimum Gasteiger partial charge on any atom is -0.478 e. The van der Waals surface area contributed by atoms with Gasteiger partial charge in [-0.05, 0) is 30.2 Å². The van der Waals surface area contributed by atoms with Crippen molar-refractivity contribution < 1.29 is 9.90 Å². The lowest BCUT2D eigenvalue weighted by Crippen LogP contribution is -2.06. The number of aryl methyl sites for hydroxylation is 1. The molecule has 3 N–H and O–H groups in total. The second-order valence-electron chi connectivity index (χ2n) is 2.95. The van der Waals surface area contributed by atoms with Crippen molar-refractivity contribution in [1.29, 1.82) is 5.26 Å². The molecule has 0 saturated carbocycles. The standard InChI is InChI=1S/C10H10N2O2/c1-6-2-8(5-12)9(10(13)14)3-7(6)4-11/h2-3H,4,11H2,1H3,(H,13,14). The highest BCUT2D eigenvalue weighted by Gasteiger charge is 2.12. The minimum atomic E-state index is -1.10. The maximum atomic E-state index is 10.8. The van der Waals surface area contributed by atoms with Gasteiger partial charge in [-0.15, -0.1) is 0 Å². The third-order valence-electron chi connectivity index (χ3n) is 2.05. The lowest BCUT2D eigenvalue weighted by molar-refractivity contribution is 0.0696. The largest absolute Gasteiger partial charge is 0.478 e. The number of hydrogen-bond donors (Lipinski definition) is 2. The van der Waals surface area contributed by atoms with Crippen LogP contribution in [-0.4, -0.2) is 11.1 Å². The molecule has 0 fully saturated rings. The first-order chi connectivity index (χ1) is 6.60. The van der Waals surface area contributed by atoms with Gasteiger partial charge in [0, 0.05) is 6.54 Å². The molecule has 0 saturated heterocycles. The summed E-state index contributed by atoms with van der Waals surface area (Å²) in [6, 6.07) is 4.85. The van der Waals surface area contributed by atoms with Crippen LogP contribution in [-0.2, 0) is 6.54 Å². The van der Waals surface area contributed by atoms with Crippen molar-refractivity contribution in [3.63, 3.8) is 0 Å². The molecule has 0 amide bonds. The summed E-state index contributed by atoms with van der Waals surface area (Å²) in [5.74, 6) is -1.10. The number of carbonyl (C=O) groups is 1. The number of hydrogen-bond acceptors (Lipinski definition) is 3. The van der Waals surface area contributed by atoms with E-state index in [-0.39, 0.29) is 17.7 Å². The predicted molar refractivity (Wildman–Crippen MR) is 50.7 cm³/mol.